The van der Waals surface area contributed by atoms with E-state index in [1.54, 1.807) is 6.92 Å². The van der Waals surface area contributed by atoms with Crippen molar-refractivity contribution in [3.63, 3.8) is 0 Å². The first kappa shape index (κ1) is 17.6. The molecule has 0 bridgehead atoms. The summed E-state index contributed by atoms with van der Waals surface area (Å²) in [7, 11) is 0. The molecule has 0 N–H and O–H groups in total. The maximum atomic E-state index is 13.9. The second kappa shape index (κ2) is 7.37. The Bertz CT molecular complexity index is 815. The summed E-state index contributed by atoms with van der Waals surface area (Å²) in [5.74, 6) is -0.261. The van der Waals surface area contributed by atoms with Crippen LogP contribution >= 0.6 is 11.8 Å². The number of non-ortho nitro benzene ring substituents is 1. The van der Waals surface area contributed by atoms with E-state index in [9.17, 15) is 18.9 Å². The molecule has 2 aromatic rings. The van der Waals surface area contributed by atoms with E-state index in [1.165, 1.54) is 36.0 Å². The standard InChI is InChI=1S/C17H15F2NO4S/c1-10(15-3-2-13(18)6-16(15)19)25-8-12-5-14(20(21)22)4-11-7-23-9-24-17(11)12/h2-6,10H,7-9H2,1H3. The predicted molar refractivity (Wildman–Crippen MR) is 89.4 cm³/mol. The Morgan fingerprint density at radius 2 is 2.12 bits per heavy atom. The molecule has 0 saturated carbocycles. The Balaban J connectivity index is 1.82. The largest absolute Gasteiger partial charge is 0.467 e. The zero-order valence-electron chi connectivity index (χ0n) is 13.3. The number of halogens is 2. The Kier molecular flexibility index (Phi) is 5.19. The molecule has 1 aliphatic rings. The molecular formula is C17H15F2NO4S. The highest BCUT2D eigenvalue weighted by molar-refractivity contribution is 7.98. The van der Waals surface area contributed by atoms with Crippen LogP contribution in [-0.4, -0.2) is 11.7 Å². The summed E-state index contributed by atoms with van der Waals surface area (Å²) in [6.45, 7) is 2.14. The van der Waals surface area contributed by atoms with E-state index in [2.05, 4.69) is 0 Å². The highest BCUT2D eigenvalue weighted by Gasteiger charge is 2.22. The van der Waals surface area contributed by atoms with Crippen LogP contribution in [0, 0.1) is 21.7 Å². The van der Waals surface area contributed by atoms with Crippen molar-refractivity contribution in [1.82, 2.24) is 0 Å². The molecule has 5 nitrogen and oxygen atoms in total. The van der Waals surface area contributed by atoms with E-state index >= 15 is 0 Å². The Morgan fingerprint density at radius 3 is 2.84 bits per heavy atom. The fourth-order valence-electron chi connectivity index (χ4n) is 2.63. The van der Waals surface area contributed by atoms with Crippen molar-refractivity contribution in [3.05, 3.63) is 68.8 Å². The van der Waals surface area contributed by atoms with Gasteiger partial charge in [0.15, 0.2) is 6.79 Å². The van der Waals surface area contributed by atoms with Crippen LogP contribution in [-0.2, 0) is 17.1 Å². The minimum Gasteiger partial charge on any atom is -0.467 e. The number of hydrogen-bond acceptors (Lipinski definition) is 5. The van der Waals surface area contributed by atoms with Crippen LogP contribution in [0.15, 0.2) is 30.3 Å². The van der Waals surface area contributed by atoms with Gasteiger partial charge in [-0.15, -0.1) is 11.8 Å². The second-order valence-corrected chi connectivity index (χ2v) is 6.91. The number of hydrogen-bond donors (Lipinski definition) is 0. The zero-order chi connectivity index (χ0) is 18.0. The number of nitrogens with zero attached hydrogens (tertiary/aromatic N) is 1. The monoisotopic (exact) mass is 367 g/mol. The first-order chi connectivity index (χ1) is 12.0. The van der Waals surface area contributed by atoms with Crippen molar-refractivity contribution in [2.24, 2.45) is 0 Å². The van der Waals surface area contributed by atoms with Gasteiger partial charge in [-0.25, -0.2) is 8.78 Å². The van der Waals surface area contributed by atoms with Crippen molar-refractivity contribution in [2.45, 2.75) is 24.5 Å². The summed E-state index contributed by atoms with van der Waals surface area (Å²) in [6, 6.07) is 6.37. The van der Waals surface area contributed by atoms with Gasteiger partial charge < -0.3 is 9.47 Å². The van der Waals surface area contributed by atoms with Crippen molar-refractivity contribution < 1.29 is 23.2 Å². The molecule has 0 spiro atoms. The lowest BCUT2D eigenvalue weighted by Crippen LogP contribution is -2.13. The van der Waals surface area contributed by atoms with Gasteiger partial charge in [-0.2, -0.15) is 0 Å². The molecule has 0 aliphatic carbocycles. The van der Waals surface area contributed by atoms with Crippen LogP contribution in [0.2, 0.25) is 0 Å². The van der Waals surface area contributed by atoms with Gasteiger partial charge in [-0.3, -0.25) is 10.1 Å². The van der Waals surface area contributed by atoms with E-state index in [-0.39, 0.29) is 24.3 Å². The molecule has 0 amide bonds. The summed E-state index contributed by atoms with van der Waals surface area (Å²) in [5, 5.41) is 10.9. The number of ether oxygens (including phenoxy) is 2. The summed E-state index contributed by atoms with van der Waals surface area (Å²) in [6.07, 6.45) is 0. The molecule has 0 fully saturated rings. The fraction of sp³-hybridized carbons (Fsp3) is 0.294. The van der Waals surface area contributed by atoms with Crippen LogP contribution in [0.25, 0.3) is 0 Å². The summed E-state index contributed by atoms with van der Waals surface area (Å²) < 4.78 is 37.6. The van der Waals surface area contributed by atoms with Crippen LogP contribution in [0.5, 0.6) is 5.75 Å². The number of thioether (sulfide) groups is 1. The molecule has 25 heavy (non-hydrogen) atoms. The SMILES string of the molecule is CC(SCc1cc([N+](=O)[O-])cc2c1OCOC2)c1ccc(F)cc1F. The summed E-state index contributed by atoms with van der Waals surface area (Å²) in [5.41, 5.74) is 1.63. The van der Waals surface area contributed by atoms with Gasteiger partial charge in [-0.05, 0) is 13.0 Å². The highest BCUT2D eigenvalue weighted by atomic mass is 32.2. The second-order valence-electron chi connectivity index (χ2n) is 5.58. The van der Waals surface area contributed by atoms with Gasteiger partial charge in [0.25, 0.3) is 5.69 Å². The predicted octanol–water partition coefficient (Wildman–Crippen LogP) is 4.73. The van der Waals surface area contributed by atoms with Crippen molar-refractivity contribution in [2.75, 3.05) is 6.79 Å². The van der Waals surface area contributed by atoms with Gasteiger partial charge >= 0.3 is 0 Å². The minimum atomic E-state index is -0.625. The maximum Gasteiger partial charge on any atom is 0.270 e. The summed E-state index contributed by atoms with van der Waals surface area (Å²) >= 11 is 1.39. The van der Waals surface area contributed by atoms with Crippen LogP contribution < -0.4 is 4.74 Å². The van der Waals surface area contributed by atoms with Crippen molar-refractivity contribution in [1.29, 1.82) is 0 Å². The first-order valence-electron chi connectivity index (χ1n) is 7.53. The average molecular weight is 367 g/mol. The van der Waals surface area contributed by atoms with E-state index in [4.69, 9.17) is 9.47 Å². The van der Waals surface area contributed by atoms with Crippen LogP contribution in [0.4, 0.5) is 14.5 Å². The fourth-order valence-corrected chi connectivity index (χ4v) is 3.64. The number of rotatable bonds is 5. The molecule has 1 unspecified atom stereocenters. The zero-order valence-corrected chi connectivity index (χ0v) is 14.1. The van der Waals surface area contributed by atoms with Gasteiger partial charge in [0.2, 0.25) is 0 Å². The van der Waals surface area contributed by atoms with E-state index in [1.807, 2.05) is 0 Å². The van der Waals surface area contributed by atoms with Crippen molar-refractivity contribution in [3.8, 4) is 5.75 Å². The van der Waals surface area contributed by atoms with E-state index in [0.29, 0.717) is 28.2 Å². The smallest absolute Gasteiger partial charge is 0.270 e. The van der Waals surface area contributed by atoms with Gasteiger partial charge in [0, 0.05) is 45.9 Å². The molecule has 132 valence electrons. The van der Waals surface area contributed by atoms with E-state index in [0.717, 1.165) is 6.07 Å². The lowest BCUT2D eigenvalue weighted by molar-refractivity contribution is -0.385. The summed E-state index contributed by atoms with van der Waals surface area (Å²) in [4.78, 5) is 10.6. The Hall–Kier alpha value is -2.19. The normalized spacial score (nSPS) is 14.5. The third-order valence-electron chi connectivity index (χ3n) is 3.87. The average Bonchev–Trinajstić information content (AvgIpc) is 2.59. The molecule has 1 aliphatic heterocycles. The topological polar surface area (TPSA) is 61.6 Å². The maximum absolute atomic E-state index is 13.9. The lowest BCUT2D eigenvalue weighted by atomic mass is 10.1. The molecule has 0 saturated heterocycles. The van der Waals surface area contributed by atoms with Gasteiger partial charge in [0.05, 0.1) is 11.5 Å². The first-order valence-corrected chi connectivity index (χ1v) is 8.58. The van der Waals surface area contributed by atoms with Gasteiger partial charge in [-0.1, -0.05) is 6.07 Å². The third-order valence-corrected chi connectivity index (χ3v) is 5.10. The molecule has 2 aromatic carbocycles. The molecular weight excluding hydrogens is 352 g/mol. The van der Waals surface area contributed by atoms with E-state index < -0.39 is 16.6 Å². The Labute approximate surface area is 147 Å². The van der Waals surface area contributed by atoms with Crippen LogP contribution in [0.1, 0.15) is 28.9 Å². The highest BCUT2D eigenvalue weighted by Crippen LogP contribution is 2.39. The molecule has 1 atom stereocenters. The number of nitro benzene ring substituents is 1. The van der Waals surface area contributed by atoms with Crippen LogP contribution in [0.3, 0.4) is 0 Å². The van der Waals surface area contributed by atoms with Crippen molar-refractivity contribution >= 4 is 17.4 Å². The quantitative estimate of drug-likeness (QED) is 0.565. The molecule has 3 rings (SSSR count). The molecule has 1 heterocycles. The number of benzene rings is 2. The number of fused-ring (bicyclic) bond motifs is 1. The Morgan fingerprint density at radius 1 is 1.32 bits per heavy atom. The lowest BCUT2D eigenvalue weighted by Gasteiger charge is -2.21. The molecule has 0 aromatic heterocycles. The van der Waals surface area contributed by atoms with Gasteiger partial charge in [0.1, 0.15) is 17.4 Å². The molecule has 0 radical (unpaired) electrons. The molecule has 8 heteroatoms. The number of nitro groups is 1. The third kappa shape index (κ3) is 3.91. The minimum absolute atomic E-state index is 0.0379.